The van der Waals surface area contributed by atoms with Crippen LogP contribution >= 0.6 is 12.4 Å². The Morgan fingerprint density at radius 3 is 2.55 bits per heavy atom. The molecule has 1 heterocycles. The fourth-order valence-corrected chi connectivity index (χ4v) is 2.59. The number of nitrogens with one attached hydrogen (secondary N) is 2. The summed E-state index contributed by atoms with van der Waals surface area (Å²) in [5.41, 5.74) is 0.668. The van der Waals surface area contributed by atoms with Gasteiger partial charge in [0.05, 0.1) is 19.8 Å². The summed E-state index contributed by atoms with van der Waals surface area (Å²) in [6.45, 7) is 4.91. The van der Waals surface area contributed by atoms with Crippen molar-refractivity contribution in [3.05, 3.63) is 23.8 Å². The second kappa shape index (κ2) is 8.25. The maximum atomic E-state index is 12.4. The quantitative estimate of drug-likeness (QED) is 0.870. The summed E-state index contributed by atoms with van der Waals surface area (Å²) in [4.78, 5) is 12.4. The van der Waals surface area contributed by atoms with Gasteiger partial charge in [-0.15, -0.1) is 12.4 Å². The fourth-order valence-electron chi connectivity index (χ4n) is 2.59. The van der Waals surface area contributed by atoms with Gasteiger partial charge in [-0.1, -0.05) is 6.92 Å². The topological polar surface area (TPSA) is 59.6 Å². The summed E-state index contributed by atoms with van der Waals surface area (Å²) in [5.74, 6) is 1.09. The van der Waals surface area contributed by atoms with Crippen molar-refractivity contribution >= 4 is 18.3 Å². The zero-order valence-corrected chi connectivity index (χ0v) is 14.2. The number of ether oxygens (including phenoxy) is 2. The van der Waals surface area contributed by atoms with E-state index in [0.29, 0.717) is 23.6 Å². The number of rotatable bonds is 5. The van der Waals surface area contributed by atoms with Gasteiger partial charge in [-0.3, -0.25) is 4.79 Å². The maximum absolute atomic E-state index is 12.4. The molecule has 5 nitrogen and oxygen atoms in total. The summed E-state index contributed by atoms with van der Waals surface area (Å²) in [6.07, 6.45) is 2.14. The third-order valence-electron chi connectivity index (χ3n) is 4.14. The van der Waals surface area contributed by atoms with Crippen LogP contribution in [0.15, 0.2) is 18.2 Å². The summed E-state index contributed by atoms with van der Waals surface area (Å²) >= 11 is 0. The second-order valence-electron chi connectivity index (χ2n) is 5.81. The highest BCUT2D eigenvalue weighted by atomic mass is 35.5. The number of carbonyl (C=O) groups excluding carboxylic acids is 1. The molecule has 0 unspecified atom stereocenters. The van der Waals surface area contributed by atoms with Crippen molar-refractivity contribution in [2.45, 2.75) is 19.8 Å². The minimum Gasteiger partial charge on any atom is -0.497 e. The van der Waals surface area contributed by atoms with E-state index < -0.39 is 0 Å². The number of halogens is 1. The smallest absolute Gasteiger partial charge is 0.255 e. The van der Waals surface area contributed by atoms with Crippen LogP contribution in [0.4, 0.5) is 0 Å². The van der Waals surface area contributed by atoms with Crippen molar-refractivity contribution in [2.75, 3.05) is 33.9 Å². The Kier molecular flexibility index (Phi) is 6.97. The van der Waals surface area contributed by atoms with Gasteiger partial charge >= 0.3 is 0 Å². The molecule has 0 saturated carbocycles. The number of hydrogen-bond donors (Lipinski definition) is 2. The van der Waals surface area contributed by atoms with E-state index in [1.54, 1.807) is 32.4 Å². The average molecular weight is 329 g/mol. The van der Waals surface area contributed by atoms with Crippen molar-refractivity contribution in [1.82, 2.24) is 10.6 Å². The lowest BCUT2D eigenvalue weighted by Crippen LogP contribution is -2.42. The molecule has 1 amide bonds. The van der Waals surface area contributed by atoms with Crippen molar-refractivity contribution < 1.29 is 14.3 Å². The van der Waals surface area contributed by atoms with Crippen LogP contribution in [-0.2, 0) is 0 Å². The average Bonchev–Trinajstić information content (AvgIpc) is 2.52. The number of carbonyl (C=O) groups is 1. The SMILES string of the molecule is COc1ccc(OC)c(C(=O)NCC2(C)CCNCC2)c1.Cl. The maximum Gasteiger partial charge on any atom is 0.255 e. The minimum atomic E-state index is -0.120. The molecule has 0 bridgehead atoms. The molecule has 0 aliphatic carbocycles. The van der Waals surface area contributed by atoms with Crippen molar-refractivity contribution in [1.29, 1.82) is 0 Å². The molecule has 1 aliphatic rings. The summed E-state index contributed by atoms with van der Waals surface area (Å²) in [6, 6.07) is 5.24. The minimum absolute atomic E-state index is 0. The van der Waals surface area contributed by atoms with E-state index in [-0.39, 0.29) is 23.7 Å². The molecule has 0 aromatic heterocycles. The Morgan fingerprint density at radius 1 is 1.27 bits per heavy atom. The van der Waals surface area contributed by atoms with E-state index in [2.05, 4.69) is 17.6 Å². The van der Waals surface area contributed by atoms with Crippen molar-refractivity contribution in [2.24, 2.45) is 5.41 Å². The molecule has 6 heteroatoms. The predicted molar refractivity (Wildman–Crippen MR) is 89.3 cm³/mol. The second-order valence-corrected chi connectivity index (χ2v) is 5.81. The molecule has 0 atom stereocenters. The lowest BCUT2D eigenvalue weighted by Gasteiger charge is -2.34. The molecule has 1 saturated heterocycles. The van der Waals surface area contributed by atoms with E-state index in [0.717, 1.165) is 25.9 Å². The molecule has 2 rings (SSSR count). The van der Waals surface area contributed by atoms with Gasteiger partial charge in [-0.25, -0.2) is 0 Å². The lowest BCUT2D eigenvalue weighted by molar-refractivity contribution is 0.0919. The number of hydrogen-bond acceptors (Lipinski definition) is 4. The Morgan fingerprint density at radius 2 is 1.95 bits per heavy atom. The molecule has 1 fully saturated rings. The van der Waals surface area contributed by atoms with Gasteiger partial charge in [0.2, 0.25) is 0 Å². The van der Waals surface area contributed by atoms with Crippen LogP contribution in [0, 0.1) is 5.41 Å². The van der Waals surface area contributed by atoms with Gasteiger partial charge in [-0.2, -0.15) is 0 Å². The first-order valence-electron chi connectivity index (χ1n) is 7.29. The highest BCUT2D eigenvalue weighted by Gasteiger charge is 2.27. The first kappa shape index (κ1) is 18.6. The zero-order valence-electron chi connectivity index (χ0n) is 13.4. The van der Waals surface area contributed by atoms with Crippen LogP contribution < -0.4 is 20.1 Å². The van der Waals surface area contributed by atoms with Crippen LogP contribution in [-0.4, -0.2) is 39.8 Å². The van der Waals surface area contributed by atoms with Crippen LogP contribution in [0.5, 0.6) is 11.5 Å². The van der Waals surface area contributed by atoms with Gasteiger partial charge in [0.25, 0.3) is 5.91 Å². The first-order chi connectivity index (χ1) is 10.1. The zero-order chi connectivity index (χ0) is 15.3. The molecule has 0 spiro atoms. The van der Waals surface area contributed by atoms with Crippen molar-refractivity contribution in [3.63, 3.8) is 0 Å². The fraction of sp³-hybridized carbons (Fsp3) is 0.562. The Balaban J connectivity index is 0.00000242. The van der Waals surface area contributed by atoms with Crippen LogP contribution in [0.2, 0.25) is 0 Å². The molecule has 0 radical (unpaired) electrons. The van der Waals surface area contributed by atoms with Crippen molar-refractivity contribution in [3.8, 4) is 11.5 Å². The number of amides is 1. The van der Waals surface area contributed by atoms with Crippen LogP contribution in [0.25, 0.3) is 0 Å². The molecular weight excluding hydrogens is 304 g/mol. The summed E-state index contributed by atoms with van der Waals surface area (Å²) in [7, 11) is 3.15. The van der Waals surface area contributed by atoms with E-state index in [1.807, 2.05) is 0 Å². The highest BCUT2D eigenvalue weighted by molar-refractivity contribution is 5.97. The summed E-state index contributed by atoms with van der Waals surface area (Å²) < 4.78 is 10.4. The standard InChI is InChI=1S/C16H24N2O3.ClH/c1-16(6-8-17-9-7-16)11-18-15(19)13-10-12(20-2)4-5-14(13)21-3;/h4-5,10,17H,6-9,11H2,1-3H3,(H,18,19);1H. The molecule has 124 valence electrons. The number of piperidine rings is 1. The lowest BCUT2D eigenvalue weighted by atomic mass is 9.81. The molecule has 1 aliphatic heterocycles. The van der Waals surface area contributed by atoms with E-state index >= 15 is 0 Å². The molecule has 1 aromatic rings. The third kappa shape index (κ3) is 4.52. The van der Waals surface area contributed by atoms with Crippen LogP contribution in [0.3, 0.4) is 0 Å². The number of methoxy groups -OCH3 is 2. The molecule has 22 heavy (non-hydrogen) atoms. The Hall–Kier alpha value is -1.46. The first-order valence-corrected chi connectivity index (χ1v) is 7.29. The normalized spacial score (nSPS) is 16.3. The van der Waals surface area contributed by atoms with Gasteiger partial charge in [0.1, 0.15) is 11.5 Å². The third-order valence-corrected chi connectivity index (χ3v) is 4.14. The largest absolute Gasteiger partial charge is 0.497 e. The van der Waals surface area contributed by atoms with E-state index in [9.17, 15) is 4.79 Å². The molecular formula is C16H25ClN2O3. The van der Waals surface area contributed by atoms with E-state index in [1.165, 1.54) is 0 Å². The molecule has 2 N–H and O–H groups in total. The number of benzene rings is 1. The summed E-state index contributed by atoms with van der Waals surface area (Å²) in [5, 5.41) is 6.38. The van der Waals surface area contributed by atoms with Gasteiger partial charge in [-0.05, 0) is 49.5 Å². The highest BCUT2D eigenvalue weighted by Crippen LogP contribution is 2.28. The molecule has 1 aromatic carbocycles. The Labute approximate surface area is 138 Å². The van der Waals surface area contributed by atoms with Crippen LogP contribution in [0.1, 0.15) is 30.1 Å². The van der Waals surface area contributed by atoms with E-state index in [4.69, 9.17) is 9.47 Å². The van der Waals surface area contributed by atoms with Gasteiger partial charge in [0, 0.05) is 6.54 Å². The monoisotopic (exact) mass is 328 g/mol. The van der Waals surface area contributed by atoms with Gasteiger partial charge in [0.15, 0.2) is 0 Å². The predicted octanol–water partition coefficient (Wildman–Crippen LogP) is 2.25. The van der Waals surface area contributed by atoms with Gasteiger partial charge < -0.3 is 20.1 Å². The Bertz CT molecular complexity index is 502.